The van der Waals surface area contributed by atoms with Crippen LogP contribution in [0, 0.1) is 0 Å². The summed E-state index contributed by atoms with van der Waals surface area (Å²) in [5, 5.41) is 3.28. The molecule has 0 saturated heterocycles. The number of carbonyl (C=O) groups is 1. The third kappa shape index (κ3) is 4.79. The fourth-order valence-corrected chi connectivity index (χ4v) is 1.47. The molecule has 0 heterocycles. The van der Waals surface area contributed by atoms with Crippen molar-refractivity contribution in [1.82, 2.24) is 5.32 Å². The molecular weight excluding hydrogens is 202 g/mol. The molecule has 1 amide bonds. The summed E-state index contributed by atoms with van der Waals surface area (Å²) >= 11 is 0. The molecule has 0 spiro atoms. The Balaban J connectivity index is 2.12. The standard InChI is InChI=1S/C12H19N3O/c13-11-6-2-1-5-10(11)9-15-8-4-3-7-12(14)16/h1-2,5-6,15H,3-4,7-9,13H2,(H2,14,16). The number of carbonyl (C=O) groups excluding carboxylic acids is 1. The number of primary amides is 1. The van der Waals surface area contributed by atoms with E-state index in [2.05, 4.69) is 5.32 Å². The van der Waals surface area contributed by atoms with Gasteiger partial charge in [-0.3, -0.25) is 4.79 Å². The zero-order valence-electron chi connectivity index (χ0n) is 9.41. The van der Waals surface area contributed by atoms with Crippen LogP contribution in [0.1, 0.15) is 24.8 Å². The van der Waals surface area contributed by atoms with Crippen LogP contribution in [0.5, 0.6) is 0 Å². The number of nitrogens with two attached hydrogens (primary N) is 2. The molecule has 0 aliphatic heterocycles. The lowest BCUT2D eigenvalue weighted by Gasteiger charge is -2.06. The normalized spacial score (nSPS) is 10.2. The zero-order chi connectivity index (χ0) is 11.8. The molecule has 0 saturated carbocycles. The summed E-state index contributed by atoms with van der Waals surface area (Å²) in [6.45, 7) is 1.64. The van der Waals surface area contributed by atoms with Crippen LogP contribution in [0.25, 0.3) is 0 Å². The van der Waals surface area contributed by atoms with Crippen molar-refractivity contribution in [2.75, 3.05) is 12.3 Å². The Bertz CT molecular complexity index is 339. The number of unbranched alkanes of at least 4 members (excludes halogenated alkanes) is 1. The van der Waals surface area contributed by atoms with Gasteiger partial charge in [-0.25, -0.2) is 0 Å². The van der Waals surface area contributed by atoms with Gasteiger partial charge in [0.15, 0.2) is 0 Å². The molecule has 5 N–H and O–H groups in total. The fourth-order valence-electron chi connectivity index (χ4n) is 1.47. The van der Waals surface area contributed by atoms with Gasteiger partial charge in [0.25, 0.3) is 0 Å². The number of nitrogens with one attached hydrogen (secondary N) is 1. The van der Waals surface area contributed by atoms with E-state index in [0.29, 0.717) is 6.42 Å². The van der Waals surface area contributed by atoms with Gasteiger partial charge in [-0.2, -0.15) is 0 Å². The molecule has 0 fully saturated rings. The molecule has 88 valence electrons. The molecule has 0 radical (unpaired) electrons. The van der Waals surface area contributed by atoms with E-state index in [-0.39, 0.29) is 5.91 Å². The Hall–Kier alpha value is -1.55. The van der Waals surface area contributed by atoms with Gasteiger partial charge < -0.3 is 16.8 Å². The quantitative estimate of drug-likeness (QED) is 0.475. The average molecular weight is 221 g/mol. The highest BCUT2D eigenvalue weighted by atomic mass is 16.1. The van der Waals surface area contributed by atoms with Crippen LogP contribution in [0.4, 0.5) is 5.69 Å². The van der Waals surface area contributed by atoms with Gasteiger partial charge in [0.2, 0.25) is 5.91 Å². The van der Waals surface area contributed by atoms with E-state index in [0.717, 1.165) is 37.2 Å². The van der Waals surface area contributed by atoms with Crippen LogP contribution < -0.4 is 16.8 Å². The number of nitrogen functional groups attached to an aromatic ring is 1. The largest absolute Gasteiger partial charge is 0.398 e. The summed E-state index contributed by atoms with van der Waals surface area (Å²) in [7, 11) is 0. The Morgan fingerprint density at radius 2 is 2.00 bits per heavy atom. The van der Waals surface area contributed by atoms with E-state index in [4.69, 9.17) is 11.5 Å². The van der Waals surface area contributed by atoms with Crippen LogP contribution in [0.15, 0.2) is 24.3 Å². The van der Waals surface area contributed by atoms with E-state index in [1.165, 1.54) is 0 Å². The highest BCUT2D eigenvalue weighted by Crippen LogP contribution is 2.09. The molecule has 1 aromatic rings. The molecular formula is C12H19N3O. The Morgan fingerprint density at radius 1 is 1.25 bits per heavy atom. The molecule has 0 unspecified atom stereocenters. The second kappa shape index (κ2) is 6.85. The monoisotopic (exact) mass is 221 g/mol. The number of para-hydroxylation sites is 1. The van der Waals surface area contributed by atoms with Gasteiger partial charge in [-0.1, -0.05) is 18.2 Å². The van der Waals surface area contributed by atoms with E-state index in [9.17, 15) is 4.79 Å². The first-order chi connectivity index (χ1) is 7.70. The molecule has 1 rings (SSSR count). The van der Waals surface area contributed by atoms with E-state index >= 15 is 0 Å². The third-order valence-corrected chi connectivity index (χ3v) is 2.40. The van der Waals surface area contributed by atoms with Crippen LogP contribution in [0.3, 0.4) is 0 Å². The maximum atomic E-state index is 10.5. The summed E-state index contributed by atoms with van der Waals surface area (Å²) in [4.78, 5) is 10.5. The van der Waals surface area contributed by atoms with E-state index in [1.807, 2.05) is 24.3 Å². The minimum atomic E-state index is -0.229. The molecule has 0 aliphatic carbocycles. The SMILES string of the molecule is NC(=O)CCCCNCc1ccccc1N. The summed E-state index contributed by atoms with van der Waals surface area (Å²) in [5.74, 6) is -0.229. The first-order valence-corrected chi connectivity index (χ1v) is 5.52. The topological polar surface area (TPSA) is 81.1 Å². The summed E-state index contributed by atoms with van der Waals surface area (Å²) < 4.78 is 0. The maximum Gasteiger partial charge on any atom is 0.217 e. The first kappa shape index (κ1) is 12.5. The highest BCUT2D eigenvalue weighted by molar-refractivity contribution is 5.73. The number of anilines is 1. The van der Waals surface area contributed by atoms with Gasteiger partial charge in [0.1, 0.15) is 0 Å². The van der Waals surface area contributed by atoms with Gasteiger partial charge in [-0.15, -0.1) is 0 Å². The Morgan fingerprint density at radius 3 is 2.69 bits per heavy atom. The Kier molecular flexibility index (Phi) is 5.36. The number of amides is 1. The smallest absolute Gasteiger partial charge is 0.217 e. The highest BCUT2D eigenvalue weighted by Gasteiger charge is 1.97. The summed E-state index contributed by atoms with van der Waals surface area (Å²) in [6.07, 6.45) is 2.26. The second-order valence-corrected chi connectivity index (χ2v) is 3.80. The zero-order valence-corrected chi connectivity index (χ0v) is 9.41. The molecule has 0 bridgehead atoms. The molecule has 0 aliphatic rings. The molecule has 4 nitrogen and oxygen atoms in total. The number of hydrogen-bond acceptors (Lipinski definition) is 3. The lowest BCUT2D eigenvalue weighted by Crippen LogP contribution is -2.16. The van der Waals surface area contributed by atoms with Crippen molar-refractivity contribution in [3.8, 4) is 0 Å². The van der Waals surface area contributed by atoms with Gasteiger partial charge in [0.05, 0.1) is 0 Å². The third-order valence-electron chi connectivity index (χ3n) is 2.40. The molecule has 16 heavy (non-hydrogen) atoms. The minimum absolute atomic E-state index is 0.229. The first-order valence-electron chi connectivity index (χ1n) is 5.52. The Labute approximate surface area is 96.0 Å². The van der Waals surface area contributed by atoms with Crippen LogP contribution in [0.2, 0.25) is 0 Å². The molecule has 0 aromatic heterocycles. The van der Waals surface area contributed by atoms with Crippen LogP contribution in [-0.4, -0.2) is 12.5 Å². The minimum Gasteiger partial charge on any atom is -0.398 e. The molecule has 0 atom stereocenters. The van der Waals surface area contributed by atoms with Crippen molar-refractivity contribution in [3.05, 3.63) is 29.8 Å². The number of hydrogen-bond donors (Lipinski definition) is 3. The van der Waals surface area contributed by atoms with Crippen molar-refractivity contribution in [2.45, 2.75) is 25.8 Å². The van der Waals surface area contributed by atoms with Crippen LogP contribution >= 0.6 is 0 Å². The van der Waals surface area contributed by atoms with Crippen molar-refractivity contribution in [1.29, 1.82) is 0 Å². The van der Waals surface area contributed by atoms with Gasteiger partial charge in [0, 0.05) is 18.7 Å². The molecule has 4 heteroatoms. The predicted octanol–water partition coefficient (Wildman–Crippen LogP) is 1.01. The summed E-state index contributed by atoms with van der Waals surface area (Å²) in [5.41, 5.74) is 12.8. The van der Waals surface area contributed by atoms with Crippen molar-refractivity contribution >= 4 is 11.6 Å². The van der Waals surface area contributed by atoms with Crippen LogP contribution in [-0.2, 0) is 11.3 Å². The molecule has 1 aromatic carbocycles. The number of rotatable bonds is 7. The van der Waals surface area contributed by atoms with Crippen molar-refractivity contribution < 1.29 is 4.79 Å². The van der Waals surface area contributed by atoms with E-state index in [1.54, 1.807) is 0 Å². The van der Waals surface area contributed by atoms with Gasteiger partial charge >= 0.3 is 0 Å². The number of benzene rings is 1. The summed E-state index contributed by atoms with van der Waals surface area (Å²) in [6, 6.07) is 7.79. The lowest BCUT2D eigenvalue weighted by atomic mass is 10.2. The predicted molar refractivity (Wildman–Crippen MR) is 65.6 cm³/mol. The van der Waals surface area contributed by atoms with Crippen molar-refractivity contribution in [2.24, 2.45) is 5.73 Å². The lowest BCUT2D eigenvalue weighted by molar-refractivity contribution is -0.118. The fraction of sp³-hybridized carbons (Fsp3) is 0.417. The average Bonchev–Trinajstić information content (AvgIpc) is 2.25. The van der Waals surface area contributed by atoms with E-state index < -0.39 is 0 Å². The van der Waals surface area contributed by atoms with Crippen molar-refractivity contribution in [3.63, 3.8) is 0 Å². The van der Waals surface area contributed by atoms with Gasteiger partial charge in [-0.05, 0) is 31.0 Å². The maximum absolute atomic E-state index is 10.5. The second-order valence-electron chi connectivity index (χ2n) is 3.80.